The molecule has 2 aromatic rings. The highest BCUT2D eigenvalue weighted by Gasteiger charge is 2.22. The fourth-order valence-electron chi connectivity index (χ4n) is 3.20. The molecule has 1 aliphatic rings. The van der Waals surface area contributed by atoms with Crippen molar-refractivity contribution in [2.24, 2.45) is 0 Å². The average molecular weight is 304 g/mol. The lowest BCUT2D eigenvalue weighted by atomic mass is 9.99. The zero-order valence-electron chi connectivity index (χ0n) is 13.2. The van der Waals surface area contributed by atoms with Crippen LogP contribution >= 0.6 is 11.8 Å². The van der Waals surface area contributed by atoms with Crippen molar-refractivity contribution >= 4 is 17.4 Å². The normalized spacial score (nSPS) is 17.5. The third-order valence-corrected chi connectivity index (χ3v) is 4.97. The van der Waals surface area contributed by atoms with Crippen molar-refractivity contribution in [1.29, 1.82) is 0 Å². The average Bonchev–Trinajstić information content (AvgIpc) is 2.73. The fraction of sp³-hybridized carbons (Fsp3) is 0.688. The van der Waals surface area contributed by atoms with Crippen LogP contribution in [0.25, 0.3) is 5.65 Å². The minimum atomic E-state index is 0.439. The SMILES string of the molecule is CSc1nc(C2CCCCCC2)n2ncc(C(C)C)c2n1. The van der Waals surface area contributed by atoms with Gasteiger partial charge in [0, 0.05) is 11.5 Å². The Morgan fingerprint density at radius 1 is 1.14 bits per heavy atom. The highest BCUT2D eigenvalue weighted by Crippen LogP contribution is 2.32. The van der Waals surface area contributed by atoms with Crippen LogP contribution in [0.1, 0.15) is 75.6 Å². The smallest absolute Gasteiger partial charge is 0.191 e. The van der Waals surface area contributed by atoms with E-state index in [1.165, 1.54) is 44.1 Å². The Morgan fingerprint density at radius 2 is 1.86 bits per heavy atom. The summed E-state index contributed by atoms with van der Waals surface area (Å²) in [7, 11) is 0. The molecular weight excluding hydrogens is 280 g/mol. The fourth-order valence-corrected chi connectivity index (χ4v) is 3.56. The van der Waals surface area contributed by atoms with Crippen LogP contribution in [0.15, 0.2) is 11.4 Å². The van der Waals surface area contributed by atoms with Crippen molar-refractivity contribution in [2.75, 3.05) is 6.26 Å². The minimum absolute atomic E-state index is 0.439. The van der Waals surface area contributed by atoms with Gasteiger partial charge in [-0.25, -0.2) is 14.5 Å². The Balaban J connectivity index is 2.11. The first kappa shape index (κ1) is 14.8. The van der Waals surface area contributed by atoms with E-state index in [9.17, 15) is 0 Å². The highest BCUT2D eigenvalue weighted by molar-refractivity contribution is 7.98. The molecule has 1 saturated carbocycles. The van der Waals surface area contributed by atoms with E-state index in [4.69, 9.17) is 9.97 Å². The van der Waals surface area contributed by atoms with Gasteiger partial charge in [-0.05, 0) is 25.0 Å². The quantitative estimate of drug-likeness (QED) is 0.622. The van der Waals surface area contributed by atoms with E-state index >= 15 is 0 Å². The summed E-state index contributed by atoms with van der Waals surface area (Å²) < 4.78 is 2.00. The van der Waals surface area contributed by atoms with Crippen molar-refractivity contribution in [1.82, 2.24) is 19.6 Å². The maximum atomic E-state index is 4.81. The first-order chi connectivity index (χ1) is 10.2. The zero-order valence-corrected chi connectivity index (χ0v) is 14.0. The van der Waals surface area contributed by atoms with Crippen LogP contribution in [0.2, 0.25) is 0 Å². The number of fused-ring (bicyclic) bond motifs is 1. The molecule has 0 bridgehead atoms. The molecule has 5 heteroatoms. The van der Waals surface area contributed by atoms with E-state index < -0.39 is 0 Å². The van der Waals surface area contributed by atoms with Gasteiger partial charge in [-0.15, -0.1) is 0 Å². The summed E-state index contributed by atoms with van der Waals surface area (Å²) in [5, 5.41) is 5.48. The van der Waals surface area contributed by atoms with Crippen molar-refractivity contribution in [3.05, 3.63) is 17.6 Å². The van der Waals surface area contributed by atoms with Gasteiger partial charge in [0.05, 0.1) is 6.20 Å². The van der Waals surface area contributed by atoms with Crippen LogP contribution in [0.4, 0.5) is 0 Å². The molecular formula is C16H24N4S. The second-order valence-corrected chi connectivity index (χ2v) is 7.02. The summed E-state index contributed by atoms with van der Waals surface area (Å²) in [6.07, 6.45) is 11.8. The number of thioether (sulfide) groups is 1. The second kappa shape index (κ2) is 6.34. The van der Waals surface area contributed by atoms with Crippen LogP contribution < -0.4 is 0 Å². The van der Waals surface area contributed by atoms with Crippen molar-refractivity contribution in [3.63, 3.8) is 0 Å². The number of rotatable bonds is 3. The van der Waals surface area contributed by atoms with Gasteiger partial charge in [-0.3, -0.25) is 0 Å². The molecule has 0 aliphatic heterocycles. The molecule has 0 N–H and O–H groups in total. The molecule has 1 aliphatic carbocycles. The lowest BCUT2D eigenvalue weighted by Crippen LogP contribution is -2.11. The standard InChI is InChI=1S/C16H24N4S/c1-11(2)13-10-17-20-14(12-8-6-4-5-7-9-12)18-16(21-3)19-15(13)20/h10-12H,4-9H2,1-3H3. The molecule has 1 fully saturated rings. The molecule has 0 atom stereocenters. The molecule has 0 spiro atoms. The van der Waals surface area contributed by atoms with Crippen molar-refractivity contribution in [2.45, 2.75) is 69.4 Å². The maximum Gasteiger partial charge on any atom is 0.191 e. The van der Waals surface area contributed by atoms with E-state index in [1.807, 2.05) is 17.0 Å². The van der Waals surface area contributed by atoms with Gasteiger partial charge in [0.1, 0.15) is 5.82 Å². The van der Waals surface area contributed by atoms with E-state index in [0.29, 0.717) is 11.8 Å². The van der Waals surface area contributed by atoms with Gasteiger partial charge in [-0.2, -0.15) is 5.10 Å². The molecule has 21 heavy (non-hydrogen) atoms. The molecule has 114 valence electrons. The Kier molecular flexibility index (Phi) is 4.48. The maximum absolute atomic E-state index is 4.81. The molecule has 4 nitrogen and oxygen atoms in total. The molecule has 2 aromatic heterocycles. The van der Waals surface area contributed by atoms with Crippen LogP contribution in [0.3, 0.4) is 0 Å². The van der Waals surface area contributed by atoms with Crippen LogP contribution in [0.5, 0.6) is 0 Å². The predicted octanol–water partition coefficient (Wildman–Crippen LogP) is 4.41. The first-order valence-electron chi connectivity index (χ1n) is 8.00. The molecule has 0 amide bonds. The zero-order chi connectivity index (χ0) is 14.8. The van der Waals surface area contributed by atoms with Gasteiger partial charge in [-0.1, -0.05) is 51.3 Å². The van der Waals surface area contributed by atoms with E-state index in [0.717, 1.165) is 16.6 Å². The van der Waals surface area contributed by atoms with Crippen LogP contribution in [-0.2, 0) is 0 Å². The summed E-state index contributed by atoms with van der Waals surface area (Å²) in [4.78, 5) is 9.52. The van der Waals surface area contributed by atoms with Gasteiger partial charge < -0.3 is 0 Å². The van der Waals surface area contributed by atoms with Crippen LogP contribution in [-0.4, -0.2) is 25.8 Å². The number of nitrogens with zero attached hydrogens (tertiary/aromatic N) is 4. The first-order valence-corrected chi connectivity index (χ1v) is 9.22. The number of hydrogen-bond donors (Lipinski definition) is 0. The second-order valence-electron chi connectivity index (χ2n) is 6.25. The summed E-state index contributed by atoms with van der Waals surface area (Å²) in [5.41, 5.74) is 2.23. The lowest BCUT2D eigenvalue weighted by Gasteiger charge is -2.15. The van der Waals surface area contributed by atoms with Gasteiger partial charge >= 0.3 is 0 Å². The largest absolute Gasteiger partial charge is 0.207 e. The summed E-state index contributed by atoms with van der Waals surface area (Å²) in [6.45, 7) is 4.40. The predicted molar refractivity (Wildman–Crippen MR) is 87.1 cm³/mol. The summed E-state index contributed by atoms with van der Waals surface area (Å²) in [6, 6.07) is 0. The Hall–Kier alpha value is -1.10. The molecule has 0 saturated heterocycles. The van der Waals surface area contributed by atoms with E-state index in [2.05, 4.69) is 18.9 Å². The summed E-state index contributed by atoms with van der Waals surface area (Å²) in [5.74, 6) is 2.09. The summed E-state index contributed by atoms with van der Waals surface area (Å²) >= 11 is 1.63. The number of hydrogen-bond acceptors (Lipinski definition) is 4. The Labute approximate surface area is 130 Å². The van der Waals surface area contributed by atoms with Crippen LogP contribution in [0, 0.1) is 0 Å². The van der Waals surface area contributed by atoms with Gasteiger partial charge in [0.25, 0.3) is 0 Å². The third-order valence-electron chi connectivity index (χ3n) is 4.42. The minimum Gasteiger partial charge on any atom is -0.207 e. The van der Waals surface area contributed by atoms with Crippen molar-refractivity contribution in [3.8, 4) is 0 Å². The Bertz CT molecular complexity index is 612. The lowest BCUT2D eigenvalue weighted by molar-refractivity contribution is 0.532. The van der Waals surface area contributed by atoms with E-state index in [1.54, 1.807) is 11.8 Å². The van der Waals surface area contributed by atoms with E-state index in [-0.39, 0.29) is 0 Å². The van der Waals surface area contributed by atoms with Crippen molar-refractivity contribution < 1.29 is 0 Å². The monoisotopic (exact) mass is 304 g/mol. The van der Waals surface area contributed by atoms with Gasteiger partial charge in [0.15, 0.2) is 10.8 Å². The molecule has 3 rings (SSSR count). The highest BCUT2D eigenvalue weighted by atomic mass is 32.2. The Morgan fingerprint density at radius 3 is 2.48 bits per heavy atom. The molecule has 0 unspecified atom stereocenters. The molecule has 0 radical (unpaired) electrons. The topological polar surface area (TPSA) is 43.1 Å². The number of aromatic nitrogens is 4. The molecule has 0 aromatic carbocycles. The van der Waals surface area contributed by atoms with Gasteiger partial charge in [0.2, 0.25) is 0 Å². The molecule has 2 heterocycles. The third kappa shape index (κ3) is 2.93.